The summed E-state index contributed by atoms with van der Waals surface area (Å²) in [5.74, 6) is -0.445. The van der Waals surface area contributed by atoms with Crippen molar-refractivity contribution in [3.63, 3.8) is 0 Å². The number of hydrogen-bond acceptors (Lipinski definition) is 6. The van der Waals surface area contributed by atoms with Gasteiger partial charge in [0.1, 0.15) is 17.3 Å². The minimum absolute atomic E-state index is 0.0395. The van der Waals surface area contributed by atoms with Crippen molar-refractivity contribution in [3.05, 3.63) is 65.2 Å². The van der Waals surface area contributed by atoms with Crippen LogP contribution in [0.4, 0.5) is 0 Å². The van der Waals surface area contributed by atoms with Gasteiger partial charge in [-0.05, 0) is 43.2 Å². The van der Waals surface area contributed by atoms with Gasteiger partial charge in [0.25, 0.3) is 11.7 Å². The molecule has 2 atom stereocenters. The van der Waals surface area contributed by atoms with Crippen molar-refractivity contribution >= 4 is 17.4 Å². The maximum absolute atomic E-state index is 13.1. The van der Waals surface area contributed by atoms with Crippen molar-refractivity contribution in [1.82, 2.24) is 4.90 Å². The lowest BCUT2D eigenvalue weighted by Gasteiger charge is -2.28. The first kappa shape index (κ1) is 20.9. The quantitative estimate of drug-likeness (QED) is 0.436. The number of hydrogen-bond donors (Lipinski definition) is 1. The van der Waals surface area contributed by atoms with Crippen LogP contribution in [0, 0.1) is 0 Å². The number of carbonyl (C=O) groups excluding carboxylic acids is 2. The van der Waals surface area contributed by atoms with Crippen LogP contribution >= 0.6 is 0 Å². The fourth-order valence-corrected chi connectivity index (χ4v) is 4.20. The number of benzene rings is 2. The lowest BCUT2D eigenvalue weighted by atomic mass is 9.94. The molecule has 2 heterocycles. The van der Waals surface area contributed by atoms with E-state index in [2.05, 4.69) is 0 Å². The smallest absolute Gasteiger partial charge is 0.295 e. The number of nitrogens with zero attached hydrogens (tertiary/aromatic N) is 1. The summed E-state index contributed by atoms with van der Waals surface area (Å²) in [4.78, 5) is 27.6. The van der Waals surface area contributed by atoms with Crippen molar-refractivity contribution < 1.29 is 28.9 Å². The third-order valence-corrected chi connectivity index (χ3v) is 5.76. The second kappa shape index (κ2) is 8.81. The van der Waals surface area contributed by atoms with Crippen molar-refractivity contribution in [2.45, 2.75) is 25.0 Å². The summed E-state index contributed by atoms with van der Waals surface area (Å²) in [6, 6.07) is 13.1. The van der Waals surface area contributed by atoms with Crippen LogP contribution in [0.3, 0.4) is 0 Å². The SMILES string of the molecule is COc1ccc(/C(O)=C2\C(=O)C(=O)N(CC3CCCO3)C2c2ccccc2OC)cc1. The Labute approximate surface area is 180 Å². The summed E-state index contributed by atoms with van der Waals surface area (Å²) in [6.45, 7) is 0.909. The molecule has 2 aromatic carbocycles. The van der Waals surface area contributed by atoms with Crippen LogP contribution < -0.4 is 9.47 Å². The Kier molecular flexibility index (Phi) is 5.95. The van der Waals surface area contributed by atoms with Gasteiger partial charge in [-0.2, -0.15) is 0 Å². The van der Waals surface area contributed by atoms with Crippen LogP contribution in [-0.2, 0) is 14.3 Å². The second-order valence-corrected chi connectivity index (χ2v) is 7.56. The van der Waals surface area contributed by atoms with E-state index in [0.29, 0.717) is 29.2 Å². The fraction of sp³-hybridized carbons (Fsp3) is 0.333. The summed E-state index contributed by atoms with van der Waals surface area (Å²) in [5.41, 5.74) is 1.10. The molecule has 0 bridgehead atoms. The maximum atomic E-state index is 13.1. The molecular formula is C24H25NO6. The van der Waals surface area contributed by atoms with Crippen molar-refractivity contribution in [2.75, 3.05) is 27.4 Å². The minimum atomic E-state index is -0.776. The van der Waals surface area contributed by atoms with E-state index in [4.69, 9.17) is 14.2 Å². The monoisotopic (exact) mass is 423 g/mol. The average Bonchev–Trinajstić information content (AvgIpc) is 3.41. The predicted octanol–water partition coefficient (Wildman–Crippen LogP) is 3.30. The van der Waals surface area contributed by atoms with E-state index in [-0.39, 0.29) is 24.0 Å². The molecule has 7 heteroatoms. The molecule has 0 aliphatic carbocycles. The molecule has 0 saturated carbocycles. The predicted molar refractivity (Wildman–Crippen MR) is 114 cm³/mol. The van der Waals surface area contributed by atoms with Gasteiger partial charge in [0.15, 0.2) is 0 Å². The normalized spacial score (nSPS) is 22.7. The number of aliphatic hydroxyl groups is 1. The van der Waals surface area contributed by atoms with Crippen LogP contribution in [0.1, 0.15) is 30.0 Å². The molecule has 162 valence electrons. The standard InChI is InChI=1S/C24H25NO6/c1-29-16-11-9-15(10-12-16)22(26)20-21(18-7-3-4-8-19(18)30-2)25(24(28)23(20)27)14-17-6-5-13-31-17/h3-4,7-12,17,21,26H,5-6,13-14H2,1-2H3/b22-20+. The first-order chi connectivity index (χ1) is 15.0. The molecule has 0 spiro atoms. The topological polar surface area (TPSA) is 85.3 Å². The van der Waals surface area contributed by atoms with Crippen molar-refractivity contribution in [2.24, 2.45) is 0 Å². The highest BCUT2D eigenvalue weighted by atomic mass is 16.5. The summed E-state index contributed by atoms with van der Waals surface area (Å²) in [6.07, 6.45) is 1.59. The lowest BCUT2D eigenvalue weighted by molar-refractivity contribution is -0.140. The molecule has 1 N–H and O–H groups in total. The van der Waals surface area contributed by atoms with Gasteiger partial charge < -0.3 is 24.2 Å². The number of ketones is 1. The number of aliphatic hydroxyl groups excluding tert-OH is 1. The van der Waals surface area contributed by atoms with Crippen molar-refractivity contribution in [3.8, 4) is 11.5 Å². The van der Waals surface area contributed by atoms with Gasteiger partial charge in [-0.1, -0.05) is 18.2 Å². The van der Waals surface area contributed by atoms with Gasteiger partial charge in [0.2, 0.25) is 0 Å². The zero-order valence-corrected chi connectivity index (χ0v) is 17.5. The molecule has 2 fully saturated rings. The van der Waals surface area contributed by atoms with Gasteiger partial charge in [0.05, 0.1) is 31.9 Å². The minimum Gasteiger partial charge on any atom is -0.507 e. The van der Waals surface area contributed by atoms with E-state index < -0.39 is 17.7 Å². The van der Waals surface area contributed by atoms with E-state index in [0.717, 1.165) is 12.8 Å². The van der Waals surface area contributed by atoms with E-state index in [9.17, 15) is 14.7 Å². The molecule has 2 aliphatic heterocycles. The molecule has 2 aromatic rings. The number of likely N-dealkylation sites (tertiary alicyclic amines) is 1. The summed E-state index contributed by atoms with van der Waals surface area (Å²) in [7, 11) is 3.09. The van der Waals surface area contributed by atoms with Gasteiger partial charge in [-0.15, -0.1) is 0 Å². The Morgan fingerprint density at radius 3 is 2.48 bits per heavy atom. The zero-order valence-electron chi connectivity index (χ0n) is 17.5. The highest BCUT2D eigenvalue weighted by molar-refractivity contribution is 6.46. The molecule has 7 nitrogen and oxygen atoms in total. The van der Waals surface area contributed by atoms with Crippen LogP contribution in [0.15, 0.2) is 54.1 Å². The highest BCUT2D eigenvalue weighted by Gasteiger charge is 2.47. The summed E-state index contributed by atoms with van der Waals surface area (Å²) < 4.78 is 16.4. The second-order valence-electron chi connectivity index (χ2n) is 7.56. The third-order valence-electron chi connectivity index (χ3n) is 5.76. The summed E-state index contributed by atoms with van der Waals surface area (Å²) >= 11 is 0. The van der Waals surface area contributed by atoms with Gasteiger partial charge in [-0.25, -0.2) is 0 Å². The Hall–Kier alpha value is -3.32. The molecule has 4 rings (SSSR count). The Bertz CT molecular complexity index is 1010. The van der Waals surface area contributed by atoms with Crippen LogP contribution in [0.2, 0.25) is 0 Å². The molecule has 0 radical (unpaired) electrons. The largest absolute Gasteiger partial charge is 0.507 e. The molecule has 0 aromatic heterocycles. The van der Waals surface area contributed by atoms with Gasteiger partial charge in [-0.3, -0.25) is 9.59 Å². The molecule has 31 heavy (non-hydrogen) atoms. The Balaban J connectivity index is 1.84. The lowest BCUT2D eigenvalue weighted by Crippen LogP contribution is -2.36. The maximum Gasteiger partial charge on any atom is 0.295 e. The molecule has 1 amide bonds. The first-order valence-corrected chi connectivity index (χ1v) is 10.2. The van der Waals surface area contributed by atoms with Crippen LogP contribution in [-0.4, -0.2) is 55.2 Å². The van der Waals surface area contributed by atoms with E-state index in [1.807, 2.05) is 12.1 Å². The van der Waals surface area contributed by atoms with E-state index in [1.54, 1.807) is 43.5 Å². The zero-order chi connectivity index (χ0) is 22.0. The number of amides is 1. The third kappa shape index (κ3) is 3.88. The fourth-order valence-electron chi connectivity index (χ4n) is 4.20. The first-order valence-electron chi connectivity index (χ1n) is 10.2. The molecule has 2 saturated heterocycles. The average molecular weight is 423 g/mol. The Morgan fingerprint density at radius 1 is 1.10 bits per heavy atom. The van der Waals surface area contributed by atoms with Crippen molar-refractivity contribution in [1.29, 1.82) is 0 Å². The number of methoxy groups -OCH3 is 2. The summed E-state index contributed by atoms with van der Waals surface area (Å²) in [5, 5.41) is 11.1. The van der Waals surface area contributed by atoms with Crippen LogP contribution in [0.25, 0.3) is 5.76 Å². The van der Waals surface area contributed by atoms with Crippen LogP contribution in [0.5, 0.6) is 11.5 Å². The van der Waals surface area contributed by atoms with Gasteiger partial charge in [0, 0.05) is 24.3 Å². The molecule has 2 aliphatic rings. The molecule has 2 unspecified atom stereocenters. The number of ether oxygens (including phenoxy) is 3. The van der Waals surface area contributed by atoms with E-state index in [1.165, 1.54) is 12.0 Å². The number of rotatable bonds is 6. The highest BCUT2D eigenvalue weighted by Crippen LogP contribution is 2.43. The van der Waals surface area contributed by atoms with E-state index >= 15 is 0 Å². The Morgan fingerprint density at radius 2 is 1.84 bits per heavy atom. The number of carbonyl (C=O) groups is 2. The number of Topliss-reactive ketones (excluding diaryl/α,β-unsaturated/α-hetero) is 1. The molecular weight excluding hydrogens is 398 g/mol. The number of para-hydroxylation sites is 1. The van der Waals surface area contributed by atoms with Gasteiger partial charge >= 0.3 is 0 Å².